The molecule has 1 radical (unpaired) electrons. The van der Waals surface area contributed by atoms with Gasteiger partial charge < -0.3 is 15.5 Å². The maximum atomic E-state index is 6.15. The molecule has 1 aromatic carbocycles. The molecule has 0 spiro atoms. The predicted molar refractivity (Wildman–Crippen MR) is 67.7 cm³/mol. The van der Waals surface area contributed by atoms with Crippen LogP contribution in [0.1, 0.15) is 12.8 Å². The zero-order valence-electron chi connectivity index (χ0n) is 9.04. The Labute approximate surface area is 101 Å². The summed E-state index contributed by atoms with van der Waals surface area (Å²) in [6, 6.07) is 6.65. The van der Waals surface area contributed by atoms with Gasteiger partial charge in [0.25, 0.3) is 0 Å². The van der Waals surface area contributed by atoms with Gasteiger partial charge in [-0.05, 0) is 38.1 Å². The predicted octanol–water partition coefficient (Wildman–Crippen LogP) is 2.44. The van der Waals surface area contributed by atoms with Gasteiger partial charge in [0.05, 0.1) is 16.4 Å². The lowest BCUT2D eigenvalue weighted by Crippen LogP contribution is -2.41. The van der Waals surface area contributed by atoms with E-state index in [1.165, 1.54) is 18.5 Å². The number of rotatable bonds is 1. The minimum absolute atomic E-state index is 0.591. The fraction of sp³-hybridized carbons (Fsp3) is 0.417. The molecular weight excluding hydrogens is 222 g/mol. The average molecular weight is 237 g/mol. The lowest BCUT2D eigenvalue weighted by atomic mass is 10.0. The van der Waals surface area contributed by atoms with E-state index in [9.17, 15) is 0 Å². The number of anilines is 2. The van der Waals surface area contributed by atoms with Gasteiger partial charge in [0, 0.05) is 6.04 Å². The topological polar surface area (TPSA) is 27.3 Å². The molecule has 1 aromatic rings. The summed E-state index contributed by atoms with van der Waals surface area (Å²) in [6.07, 6.45) is 2.37. The van der Waals surface area contributed by atoms with Crippen molar-refractivity contribution in [2.24, 2.45) is 0 Å². The Morgan fingerprint density at radius 2 is 2.06 bits per heavy atom. The zero-order chi connectivity index (χ0) is 11.0. The van der Waals surface area contributed by atoms with Gasteiger partial charge in [-0.25, -0.2) is 0 Å². The lowest BCUT2D eigenvalue weighted by Gasteiger charge is -2.32. The van der Waals surface area contributed by atoms with Crippen molar-refractivity contribution in [1.29, 1.82) is 0 Å². The van der Waals surface area contributed by atoms with Gasteiger partial charge in [-0.15, -0.1) is 0 Å². The summed E-state index contributed by atoms with van der Waals surface area (Å²) >= 11 is 6.15. The smallest absolute Gasteiger partial charge is 0.139 e. The summed E-state index contributed by atoms with van der Waals surface area (Å²) in [5.74, 6) is 0. The number of halogens is 1. The van der Waals surface area contributed by atoms with Crippen LogP contribution < -0.4 is 15.5 Å². The van der Waals surface area contributed by atoms with Crippen molar-refractivity contribution < 1.29 is 0 Å². The molecule has 0 aliphatic carbocycles. The maximum Gasteiger partial charge on any atom is 0.139 e. The number of nitrogens with zero attached hydrogens (tertiary/aromatic N) is 1. The monoisotopic (exact) mass is 236 g/mol. The third-order valence-corrected chi connectivity index (χ3v) is 3.63. The first-order chi connectivity index (χ1) is 7.86. The summed E-state index contributed by atoms with van der Waals surface area (Å²) in [6.45, 7) is 4.25. The molecule has 85 valence electrons. The van der Waals surface area contributed by atoms with Gasteiger partial charge in [0.1, 0.15) is 6.67 Å². The lowest BCUT2D eigenvalue weighted by molar-refractivity contribution is 0.446. The van der Waals surface area contributed by atoms with Gasteiger partial charge >= 0.3 is 0 Å². The summed E-state index contributed by atoms with van der Waals surface area (Å²) in [4.78, 5) is 2.32. The second-order valence-corrected chi connectivity index (χ2v) is 4.70. The summed E-state index contributed by atoms with van der Waals surface area (Å²) in [5.41, 5.74) is 2.25. The van der Waals surface area contributed by atoms with Crippen molar-refractivity contribution in [2.75, 3.05) is 23.3 Å². The third kappa shape index (κ3) is 1.64. The second-order valence-electron chi connectivity index (χ2n) is 4.30. The molecule has 4 heteroatoms. The Balaban J connectivity index is 1.87. The van der Waals surface area contributed by atoms with Crippen LogP contribution in [0.5, 0.6) is 0 Å². The first-order valence-corrected chi connectivity index (χ1v) is 6.11. The maximum absolute atomic E-state index is 6.15. The highest BCUT2D eigenvalue weighted by Crippen LogP contribution is 2.40. The minimum Gasteiger partial charge on any atom is -0.359 e. The SMILES string of the molecule is Clc1cccc2c1N[CH]N2C1CCNCC1. The van der Waals surface area contributed by atoms with Crippen LogP contribution in [0.2, 0.25) is 5.02 Å². The highest BCUT2D eigenvalue weighted by Gasteiger charge is 2.28. The first kappa shape index (κ1) is 10.2. The van der Waals surface area contributed by atoms with Gasteiger partial charge in [-0.2, -0.15) is 0 Å². The molecule has 0 saturated carbocycles. The Kier molecular flexibility index (Phi) is 2.65. The number of hydrogen-bond acceptors (Lipinski definition) is 3. The number of fused-ring (bicyclic) bond motifs is 1. The van der Waals surface area contributed by atoms with Gasteiger partial charge in [-0.3, -0.25) is 0 Å². The molecule has 1 saturated heterocycles. The number of piperidine rings is 1. The number of nitrogens with one attached hydrogen (secondary N) is 2. The van der Waals surface area contributed by atoms with E-state index in [2.05, 4.69) is 21.6 Å². The van der Waals surface area contributed by atoms with E-state index in [4.69, 9.17) is 11.6 Å². The van der Waals surface area contributed by atoms with Crippen LogP contribution in [-0.4, -0.2) is 19.1 Å². The van der Waals surface area contributed by atoms with E-state index in [0.717, 1.165) is 23.8 Å². The van der Waals surface area contributed by atoms with Crippen LogP contribution in [-0.2, 0) is 0 Å². The largest absolute Gasteiger partial charge is 0.359 e. The second kappa shape index (κ2) is 4.15. The fourth-order valence-electron chi connectivity index (χ4n) is 2.46. The average Bonchev–Trinajstić information content (AvgIpc) is 2.75. The van der Waals surface area contributed by atoms with Crippen LogP contribution in [0.15, 0.2) is 18.2 Å². The number of benzene rings is 1. The van der Waals surface area contributed by atoms with E-state index in [-0.39, 0.29) is 0 Å². The molecule has 2 N–H and O–H groups in total. The molecule has 16 heavy (non-hydrogen) atoms. The van der Waals surface area contributed by atoms with Gasteiger partial charge in [0.2, 0.25) is 0 Å². The fourth-order valence-corrected chi connectivity index (χ4v) is 2.69. The van der Waals surface area contributed by atoms with E-state index in [1.807, 2.05) is 18.8 Å². The van der Waals surface area contributed by atoms with Crippen molar-refractivity contribution in [3.05, 3.63) is 29.9 Å². The zero-order valence-corrected chi connectivity index (χ0v) is 9.80. The quantitative estimate of drug-likeness (QED) is 0.785. The normalized spacial score (nSPS) is 20.7. The number of para-hydroxylation sites is 1. The standard InChI is InChI=1S/C12H15ClN3/c13-10-2-1-3-11-12(10)15-8-16(11)9-4-6-14-7-5-9/h1-3,8-9,14-15H,4-7H2. The van der Waals surface area contributed by atoms with Crippen molar-refractivity contribution in [3.8, 4) is 0 Å². The molecule has 0 aromatic heterocycles. The summed E-state index contributed by atoms with van der Waals surface area (Å²) < 4.78 is 0. The van der Waals surface area contributed by atoms with Crippen LogP contribution >= 0.6 is 11.6 Å². The van der Waals surface area contributed by atoms with Gasteiger partial charge in [-0.1, -0.05) is 17.7 Å². The molecule has 3 nitrogen and oxygen atoms in total. The van der Waals surface area contributed by atoms with Crippen molar-refractivity contribution in [1.82, 2.24) is 5.32 Å². The van der Waals surface area contributed by atoms with Crippen LogP contribution in [0, 0.1) is 6.67 Å². The van der Waals surface area contributed by atoms with Crippen molar-refractivity contribution in [2.45, 2.75) is 18.9 Å². The minimum atomic E-state index is 0.591. The molecule has 0 amide bonds. The highest BCUT2D eigenvalue weighted by atomic mass is 35.5. The summed E-state index contributed by atoms with van der Waals surface area (Å²) in [7, 11) is 0. The molecule has 2 heterocycles. The molecule has 0 unspecified atom stereocenters. The molecule has 0 atom stereocenters. The van der Waals surface area contributed by atoms with Crippen LogP contribution in [0.4, 0.5) is 11.4 Å². The van der Waals surface area contributed by atoms with Crippen molar-refractivity contribution in [3.63, 3.8) is 0 Å². The summed E-state index contributed by atoms with van der Waals surface area (Å²) in [5, 5.41) is 7.45. The third-order valence-electron chi connectivity index (χ3n) is 3.32. The molecule has 2 aliphatic heterocycles. The van der Waals surface area contributed by atoms with E-state index in [0.29, 0.717) is 6.04 Å². The van der Waals surface area contributed by atoms with E-state index < -0.39 is 0 Å². The molecule has 3 rings (SSSR count). The van der Waals surface area contributed by atoms with Crippen LogP contribution in [0.3, 0.4) is 0 Å². The van der Waals surface area contributed by atoms with E-state index in [1.54, 1.807) is 0 Å². The molecular formula is C12H15ClN3. The van der Waals surface area contributed by atoms with Crippen molar-refractivity contribution >= 4 is 23.0 Å². The van der Waals surface area contributed by atoms with E-state index >= 15 is 0 Å². The molecule has 2 aliphatic rings. The Bertz CT molecular complexity index is 388. The van der Waals surface area contributed by atoms with Gasteiger partial charge in [0.15, 0.2) is 0 Å². The Morgan fingerprint density at radius 3 is 2.88 bits per heavy atom. The highest BCUT2D eigenvalue weighted by molar-refractivity contribution is 6.34. The molecule has 0 bridgehead atoms. The number of hydrogen-bond donors (Lipinski definition) is 2. The molecule has 1 fully saturated rings. The van der Waals surface area contributed by atoms with Crippen LogP contribution in [0.25, 0.3) is 0 Å². The Morgan fingerprint density at radius 1 is 1.25 bits per heavy atom. The Hall–Kier alpha value is -0.930. The first-order valence-electron chi connectivity index (χ1n) is 5.74.